The average Bonchev–Trinajstić information content (AvgIpc) is 3.13. The van der Waals surface area contributed by atoms with Gasteiger partial charge in [-0.15, -0.1) is 15.0 Å². The van der Waals surface area contributed by atoms with Gasteiger partial charge in [0, 0.05) is 28.6 Å². The van der Waals surface area contributed by atoms with Gasteiger partial charge in [0.2, 0.25) is 0 Å². The van der Waals surface area contributed by atoms with E-state index in [9.17, 15) is 9.90 Å². The average molecular weight is 460 g/mol. The predicted molar refractivity (Wildman–Crippen MR) is 121 cm³/mol. The van der Waals surface area contributed by atoms with E-state index in [1.807, 2.05) is 20.8 Å². The zero-order valence-corrected chi connectivity index (χ0v) is 19.3. The maximum atomic E-state index is 11.3. The molecule has 0 radical (unpaired) electrons. The molecule has 0 fully saturated rings. The largest absolute Gasteiger partial charge is 0.505 e. The summed E-state index contributed by atoms with van der Waals surface area (Å²) in [5.41, 5.74) is 2.26. The Labute approximate surface area is 191 Å². The number of rotatable bonds is 8. The van der Waals surface area contributed by atoms with Crippen molar-refractivity contribution in [1.29, 1.82) is 0 Å². The summed E-state index contributed by atoms with van der Waals surface area (Å²) in [6.45, 7) is 11.5. The molecule has 0 atom stereocenters. The lowest BCUT2D eigenvalue weighted by atomic mass is 9.86. The van der Waals surface area contributed by atoms with Gasteiger partial charge in [-0.05, 0) is 36.6 Å². The van der Waals surface area contributed by atoms with Crippen molar-refractivity contribution in [2.75, 3.05) is 13.2 Å². The fraction of sp³-hybridized carbons (Fsp3) is 0.348. The number of fused-ring (bicyclic) bond motifs is 1. The summed E-state index contributed by atoms with van der Waals surface area (Å²) in [6, 6.07) is 8.68. The lowest BCUT2D eigenvalue weighted by Crippen LogP contribution is -2.14. The van der Waals surface area contributed by atoms with E-state index in [0.29, 0.717) is 46.1 Å². The number of carbonyl (C=O) groups is 1. The van der Waals surface area contributed by atoms with Gasteiger partial charge in [0.1, 0.15) is 28.2 Å². The van der Waals surface area contributed by atoms with Gasteiger partial charge in [0.15, 0.2) is 0 Å². The Kier molecular flexibility index (Phi) is 7.06. The van der Waals surface area contributed by atoms with E-state index in [1.54, 1.807) is 30.3 Å². The van der Waals surface area contributed by atoms with Crippen LogP contribution in [0.15, 0.2) is 42.5 Å². The number of aromatic nitrogens is 3. The van der Waals surface area contributed by atoms with E-state index < -0.39 is 5.97 Å². The van der Waals surface area contributed by atoms with Gasteiger partial charge < -0.3 is 9.84 Å². The molecule has 3 rings (SSSR count). The Morgan fingerprint density at radius 1 is 1.16 bits per heavy atom. The van der Waals surface area contributed by atoms with Crippen LogP contribution in [-0.4, -0.2) is 39.3 Å². The number of ether oxygens (including phenoxy) is 1. The summed E-state index contributed by atoms with van der Waals surface area (Å²) in [4.78, 5) is 22.1. The Hall–Kier alpha value is -3.10. The highest BCUT2D eigenvalue weighted by Crippen LogP contribution is 2.38. The minimum Gasteiger partial charge on any atom is -0.505 e. The predicted octanol–water partition coefficient (Wildman–Crippen LogP) is 4.90. The zero-order chi connectivity index (χ0) is 23.5. The van der Waals surface area contributed by atoms with Crippen LogP contribution in [0.1, 0.15) is 39.7 Å². The summed E-state index contributed by atoms with van der Waals surface area (Å²) >= 11 is 6.05. The van der Waals surface area contributed by atoms with Gasteiger partial charge in [-0.3, -0.25) is 4.89 Å². The molecule has 0 aliphatic carbocycles. The van der Waals surface area contributed by atoms with Crippen molar-refractivity contribution in [3.63, 3.8) is 0 Å². The van der Waals surface area contributed by atoms with Crippen molar-refractivity contribution in [3.8, 4) is 17.2 Å². The number of halogens is 1. The lowest BCUT2D eigenvalue weighted by Gasteiger charge is -2.23. The highest BCUT2D eigenvalue weighted by atomic mass is 35.5. The molecule has 0 spiro atoms. The number of nitrogens with zero attached hydrogens (tertiary/aromatic N) is 3. The highest BCUT2D eigenvalue weighted by molar-refractivity contribution is 6.31. The van der Waals surface area contributed by atoms with Crippen molar-refractivity contribution in [3.05, 3.63) is 53.1 Å². The molecule has 8 nitrogen and oxygen atoms in total. The number of carbonyl (C=O) groups excluding carboxylic acids is 1. The van der Waals surface area contributed by atoms with E-state index in [-0.39, 0.29) is 23.3 Å². The molecule has 1 aromatic heterocycles. The van der Waals surface area contributed by atoms with Crippen LogP contribution in [0.25, 0.3) is 16.7 Å². The highest BCUT2D eigenvalue weighted by Gasteiger charge is 2.24. The van der Waals surface area contributed by atoms with Crippen LogP contribution in [0.5, 0.6) is 11.5 Å². The lowest BCUT2D eigenvalue weighted by molar-refractivity contribution is -0.269. The van der Waals surface area contributed by atoms with Crippen molar-refractivity contribution in [2.24, 2.45) is 0 Å². The van der Waals surface area contributed by atoms with Crippen LogP contribution in [0.3, 0.4) is 0 Å². The summed E-state index contributed by atoms with van der Waals surface area (Å²) in [7, 11) is 0. The molecule has 1 heterocycles. The molecule has 170 valence electrons. The molecule has 0 saturated heterocycles. The summed E-state index contributed by atoms with van der Waals surface area (Å²) in [6.07, 6.45) is 0.479. The molecule has 32 heavy (non-hydrogen) atoms. The first-order chi connectivity index (χ1) is 15.1. The smallest absolute Gasteiger partial charge is 0.368 e. The Bertz CT molecular complexity index is 1150. The van der Waals surface area contributed by atoms with Crippen LogP contribution in [-0.2, 0) is 20.0 Å². The monoisotopic (exact) mass is 459 g/mol. The molecule has 0 amide bonds. The number of phenols is 1. The van der Waals surface area contributed by atoms with Gasteiger partial charge in [-0.1, -0.05) is 39.0 Å². The molecule has 9 heteroatoms. The van der Waals surface area contributed by atoms with E-state index in [2.05, 4.69) is 21.7 Å². The van der Waals surface area contributed by atoms with Crippen molar-refractivity contribution < 1.29 is 24.4 Å². The van der Waals surface area contributed by atoms with Crippen LogP contribution < -0.4 is 4.74 Å². The standard InChI is InChI=1S/C23H26ClN3O5/c1-14(2)22(29)32-31-10-6-9-30-16-12-17(23(3,4)5)21(28)20(13-16)27-25-18-8-7-15(24)11-19(18)26-27/h7-8,11-13,28H,1,6,9-10H2,2-5H3. The van der Waals surface area contributed by atoms with Gasteiger partial charge in [-0.2, -0.15) is 4.89 Å². The molecule has 0 aliphatic heterocycles. The van der Waals surface area contributed by atoms with E-state index in [4.69, 9.17) is 21.2 Å². The molecule has 1 N–H and O–H groups in total. The van der Waals surface area contributed by atoms with Crippen LogP contribution >= 0.6 is 11.6 Å². The maximum absolute atomic E-state index is 11.3. The van der Waals surface area contributed by atoms with Crippen LogP contribution in [0, 0.1) is 0 Å². The van der Waals surface area contributed by atoms with Gasteiger partial charge in [-0.25, -0.2) is 4.79 Å². The first-order valence-corrected chi connectivity index (χ1v) is 10.5. The van der Waals surface area contributed by atoms with Crippen molar-refractivity contribution in [2.45, 2.75) is 39.5 Å². The number of aromatic hydroxyl groups is 1. The minimum absolute atomic E-state index is 0.0753. The number of benzene rings is 2. The second kappa shape index (κ2) is 9.58. The molecule has 0 saturated carbocycles. The first kappa shape index (κ1) is 23.6. The van der Waals surface area contributed by atoms with Gasteiger partial charge >= 0.3 is 5.97 Å². The summed E-state index contributed by atoms with van der Waals surface area (Å²) < 4.78 is 5.87. The topological polar surface area (TPSA) is 95.7 Å². The fourth-order valence-corrected chi connectivity index (χ4v) is 3.04. The van der Waals surface area contributed by atoms with Crippen LogP contribution in [0.4, 0.5) is 0 Å². The van der Waals surface area contributed by atoms with E-state index in [0.717, 1.165) is 0 Å². The maximum Gasteiger partial charge on any atom is 0.368 e. The molecule has 0 bridgehead atoms. The number of phenolic OH excluding ortho intramolecular Hbond substituents is 1. The normalized spacial score (nSPS) is 11.5. The second-order valence-corrected chi connectivity index (χ2v) is 8.82. The number of hydrogen-bond acceptors (Lipinski definition) is 7. The minimum atomic E-state index is -0.607. The summed E-state index contributed by atoms with van der Waals surface area (Å²) in [5.74, 6) is 0.0108. The van der Waals surface area contributed by atoms with Gasteiger partial charge in [0.05, 0.1) is 13.2 Å². The Balaban J connectivity index is 1.79. The SMILES string of the molecule is C=C(C)C(=O)OOCCCOc1cc(-n2nc3ccc(Cl)cc3n2)c(O)c(C(C)(C)C)c1. The third-order valence-corrected chi connectivity index (χ3v) is 4.79. The fourth-order valence-electron chi connectivity index (χ4n) is 2.87. The molecule has 2 aromatic carbocycles. The molecular formula is C23H26ClN3O5. The Morgan fingerprint density at radius 3 is 2.56 bits per heavy atom. The third kappa shape index (κ3) is 5.57. The first-order valence-electron chi connectivity index (χ1n) is 10.1. The Morgan fingerprint density at radius 2 is 1.88 bits per heavy atom. The molecule has 0 unspecified atom stereocenters. The van der Waals surface area contributed by atoms with Gasteiger partial charge in [0.25, 0.3) is 0 Å². The van der Waals surface area contributed by atoms with Crippen LogP contribution in [0.2, 0.25) is 5.02 Å². The quantitative estimate of drug-likeness (QED) is 0.221. The second-order valence-electron chi connectivity index (χ2n) is 8.39. The molecule has 0 aliphatic rings. The van der Waals surface area contributed by atoms with E-state index >= 15 is 0 Å². The third-order valence-electron chi connectivity index (χ3n) is 4.55. The summed E-state index contributed by atoms with van der Waals surface area (Å²) in [5, 5.41) is 20.4. The van der Waals surface area contributed by atoms with E-state index in [1.165, 1.54) is 11.7 Å². The number of hydrogen-bond donors (Lipinski definition) is 1. The zero-order valence-electron chi connectivity index (χ0n) is 18.5. The van der Waals surface area contributed by atoms with Crippen molar-refractivity contribution >= 4 is 28.6 Å². The van der Waals surface area contributed by atoms with Crippen molar-refractivity contribution in [1.82, 2.24) is 15.0 Å². The molecule has 3 aromatic rings. The molecular weight excluding hydrogens is 434 g/mol.